The topological polar surface area (TPSA) is 67.6 Å². The standard InChI is InChI=1S/C22H22ClN3O4/c1-2-11-27-20-5-3-4-6-21(20)28-12-19-13-29-22(30-19,14-26-16-24-15-25-26)17-7-9-18(23)10-8-17/h2-10,15-16,19H,1,11-14H2. The molecule has 2 aromatic carbocycles. The van der Waals surface area contributed by atoms with E-state index in [1.165, 1.54) is 6.33 Å². The molecule has 0 amide bonds. The molecule has 4 rings (SSSR count). The Kier molecular flexibility index (Phi) is 6.32. The summed E-state index contributed by atoms with van der Waals surface area (Å²) in [5.74, 6) is 0.289. The van der Waals surface area contributed by atoms with Gasteiger partial charge in [-0.25, -0.2) is 9.67 Å². The molecular weight excluding hydrogens is 406 g/mol. The van der Waals surface area contributed by atoms with Crippen LogP contribution in [0.5, 0.6) is 11.5 Å². The molecule has 1 aliphatic rings. The Balaban J connectivity index is 1.48. The number of rotatable bonds is 9. The summed E-state index contributed by atoms with van der Waals surface area (Å²) < 4.78 is 25.8. The van der Waals surface area contributed by atoms with E-state index in [1.807, 2.05) is 48.5 Å². The molecule has 0 N–H and O–H groups in total. The summed E-state index contributed by atoms with van der Waals surface area (Å²) in [7, 11) is 0. The van der Waals surface area contributed by atoms with E-state index >= 15 is 0 Å². The first-order chi connectivity index (χ1) is 14.7. The molecule has 0 aliphatic carbocycles. The molecule has 0 spiro atoms. The lowest BCUT2D eigenvalue weighted by atomic mass is 10.1. The molecule has 2 unspecified atom stereocenters. The van der Waals surface area contributed by atoms with E-state index in [0.717, 1.165) is 5.56 Å². The van der Waals surface area contributed by atoms with E-state index in [2.05, 4.69) is 16.7 Å². The van der Waals surface area contributed by atoms with Gasteiger partial charge >= 0.3 is 0 Å². The average molecular weight is 428 g/mol. The highest BCUT2D eigenvalue weighted by Gasteiger charge is 2.44. The normalized spacial score (nSPS) is 20.8. The van der Waals surface area contributed by atoms with E-state index < -0.39 is 5.79 Å². The fourth-order valence-electron chi connectivity index (χ4n) is 3.22. The summed E-state index contributed by atoms with van der Waals surface area (Å²) >= 11 is 6.06. The zero-order valence-electron chi connectivity index (χ0n) is 16.3. The van der Waals surface area contributed by atoms with Crippen molar-refractivity contribution in [3.8, 4) is 11.5 Å². The predicted molar refractivity (Wildman–Crippen MR) is 112 cm³/mol. The molecule has 0 saturated carbocycles. The van der Waals surface area contributed by atoms with Crippen molar-refractivity contribution < 1.29 is 18.9 Å². The first-order valence-electron chi connectivity index (χ1n) is 9.54. The maximum atomic E-state index is 6.36. The van der Waals surface area contributed by atoms with Crippen LogP contribution in [0.3, 0.4) is 0 Å². The second-order valence-electron chi connectivity index (χ2n) is 6.76. The zero-order chi connectivity index (χ0) is 20.8. The van der Waals surface area contributed by atoms with Crippen molar-refractivity contribution in [1.29, 1.82) is 0 Å². The molecule has 8 heteroatoms. The first kappa shape index (κ1) is 20.4. The highest BCUT2D eigenvalue weighted by atomic mass is 35.5. The van der Waals surface area contributed by atoms with Crippen LogP contribution in [0.4, 0.5) is 0 Å². The summed E-state index contributed by atoms with van der Waals surface area (Å²) in [5.41, 5.74) is 0.847. The van der Waals surface area contributed by atoms with Crippen molar-refractivity contribution >= 4 is 11.6 Å². The molecule has 2 atom stereocenters. The monoisotopic (exact) mass is 427 g/mol. The third-order valence-corrected chi connectivity index (χ3v) is 4.86. The van der Waals surface area contributed by atoms with Gasteiger partial charge in [0.05, 0.1) is 6.61 Å². The number of benzene rings is 2. The van der Waals surface area contributed by atoms with Crippen LogP contribution >= 0.6 is 11.6 Å². The molecule has 1 aromatic heterocycles. The number of hydrogen-bond donors (Lipinski definition) is 0. The minimum atomic E-state index is -1.01. The third kappa shape index (κ3) is 4.64. The number of halogens is 1. The lowest BCUT2D eigenvalue weighted by Gasteiger charge is -2.28. The largest absolute Gasteiger partial charge is 0.487 e. The van der Waals surface area contributed by atoms with Crippen molar-refractivity contribution in [2.45, 2.75) is 18.4 Å². The molecule has 0 radical (unpaired) electrons. The van der Waals surface area contributed by atoms with E-state index in [9.17, 15) is 0 Å². The van der Waals surface area contributed by atoms with Gasteiger partial charge in [0.1, 0.15) is 38.5 Å². The summed E-state index contributed by atoms with van der Waals surface area (Å²) in [5, 5.41) is 4.83. The van der Waals surface area contributed by atoms with Gasteiger partial charge in [-0.2, -0.15) is 5.10 Å². The van der Waals surface area contributed by atoms with E-state index in [0.29, 0.717) is 42.9 Å². The van der Waals surface area contributed by atoms with Crippen LogP contribution in [0, 0.1) is 0 Å². The molecule has 2 heterocycles. The van der Waals surface area contributed by atoms with Crippen molar-refractivity contribution in [1.82, 2.24) is 14.8 Å². The Morgan fingerprint density at radius 1 is 1.17 bits per heavy atom. The Hall–Kier alpha value is -2.87. The number of hydrogen-bond acceptors (Lipinski definition) is 6. The van der Waals surface area contributed by atoms with Crippen LogP contribution < -0.4 is 9.47 Å². The fourth-order valence-corrected chi connectivity index (χ4v) is 3.35. The van der Waals surface area contributed by atoms with E-state index in [4.69, 9.17) is 30.5 Å². The second kappa shape index (κ2) is 9.30. The lowest BCUT2D eigenvalue weighted by Crippen LogP contribution is -2.34. The molecule has 1 aliphatic heterocycles. The number of nitrogens with zero attached hydrogens (tertiary/aromatic N) is 3. The molecular formula is C22H22ClN3O4. The molecule has 156 valence electrons. The van der Waals surface area contributed by atoms with Gasteiger partial charge in [0.15, 0.2) is 11.5 Å². The molecule has 7 nitrogen and oxygen atoms in total. The summed E-state index contributed by atoms with van der Waals surface area (Å²) in [6.07, 6.45) is 4.51. The van der Waals surface area contributed by atoms with Gasteiger partial charge in [-0.05, 0) is 24.3 Å². The minimum absolute atomic E-state index is 0.281. The second-order valence-corrected chi connectivity index (χ2v) is 7.20. The van der Waals surface area contributed by atoms with Gasteiger partial charge in [-0.3, -0.25) is 0 Å². The van der Waals surface area contributed by atoms with Gasteiger partial charge in [-0.15, -0.1) is 0 Å². The smallest absolute Gasteiger partial charge is 0.215 e. The van der Waals surface area contributed by atoms with E-state index in [-0.39, 0.29) is 6.10 Å². The van der Waals surface area contributed by atoms with Crippen LogP contribution in [0.25, 0.3) is 0 Å². The van der Waals surface area contributed by atoms with Gasteiger partial charge in [0, 0.05) is 10.6 Å². The van der Waals surface area contributed by atoms with Crippen LogP contribution in [-0.4, -0.2) is 40.7 Å². The van der Waals surface area contributed by atoms with Gasteiger partial charge in [0.25, 0.3) is 0 Å². The van der Waals surface area contributed by atoms with Gasteiger partial charge in [0.2, 0.25) is 5.79 Å². The molecule has 30 heavy (non-hydrogen) atoms. The number of aromatic nitrogens is 3. The molecule has 3 aromatic rings. The Morgan fingerprint density at radius 3 is 2.63 bits per heavy atom. The summed E-state index contributed by atoms with van der Waals surface area (Å²) in [6, 6.07) is 14.9. The highest BCUT2D eigenvalue weighted by molar-refractivity contribution is 6.30. The zero-order valence-corrected chi connectivity index (χ0v) is 17.1. The van der Waals surface area contributed by atoms with Crippen molar-refractivity contribution in [2.75, 3.05) is 19.8 Å². The predicted octanol–water partition coefficient (Wildman–Crippen LogP) is 3.84. The summed E-state index contributed by atoms with van der Waals surface area (Å²) in [6.45, 7) is 5.10. The maximum absolute atomic E-state index is 6.36. The van der Waals surface area contributed by atoms with Crippen LogP contribution in [0.2, 0.25) is 5.02 Å². The van der Waals surface area contributed by atoms with E-state index in [1.54, 1.807) is 17.1 Å². The maximum Gasteiger partial charge on any atom is 0.215 e. The molecule has 1 saturated heterocycles. The van der Waals surface area contributed by atoms with Crippen molar-refractivity contribution in [3.63, 3.8) is 0 Å². The Labute approximate surface area is 179 Å². The lowest BCUT2D eigenvalue weighted by molar-refractivity contribution is -0.190. The Bertz CT molecular complexity index is 965. The Morgan fingerprint density at radius 2 is 1.93 bits per heavy atom. The van der Waals surface area contributed by atoms with Gasteiger partial charge < -0.3 is 18.9 Å². The number of ether oxygens (including phenoxy) is 4. The van der Waals surface area contributed by atoms with Crippen molar-refractivity contribution in [2.24, 2.45) is 0 Å². The first-order valence-corrected chi connectivity index (χ1v) is 9.92. The SMILES string of the molecule is C=CCOc1ccccc1OCC1COC(Cn2cncn2)(c2ccc(Cl)cc2)O1. The highest BCUT2D eigenvalue weighted by Crippen LogP contribution is 2.37. The molecule has 1 fully saturated rings. The minimum Gasteiger partial charge on any atom is -0.487 e. The fraction of sp³-hybridized carbons (Fsp3) is 0.273. The van der Waals surface area contributed by atoms with Crippen LogP contribution in [-0.2, 0) is 21.8 Å². The molecule has 0 bridgehead atoms. The van der Waals surface area contributed by atoms with Crippen LogP contribution in [0.15, 0.2) is 73.8 Å². The third-order valence-electron chi connectivity index (χ3n) is 4.61. The van der Waals surface area contributed by atoms with Crippen molar-refractivity contribution in [3.05, 3.63) is 84.4 Å². The van der Waals surface area contributed by atoms with Crippen LogP contribution in [0.1, 0.15) is 5.56 Å². The number of para-hydroxylation sites is 2. The summed E-state index contributed by atoms with van der Waals surface area (Å²) in [4.78, 5) is 4.01. The van der Waals surface area contributed by atoms with Gasteiger partial charge in [-0.1, -0.05) is 48.5 Å². The quantitative estimate of drug-likeness (QED) is 0.483. The average Bonchev–Trinajstić information content (AvgIpc) is 3.43.